The third-order valence-electron chi connectivity index (χ3n) is 1.65. The first-order valence-corrected chi connectivity index (χ1v) is 5.50. The standard InChI is InChI=1S/C11H11BrO4/c1-7(13)15-10-5-3-4-9(6-10)11(12)16-8(2)14/h3-6,11H,1-2H3. The van der Waals surface area contributed by atoms with Gasteiger partial charge in [-0.3, -0.25) is 9.59 Å². The van der Waals surface area contributed by atoms with E-state index < -0.39 is 11.0 Å². The molecule has 0 saturated heterocycles. The van der Waals surface area contributed by atoms with E-state index in [0.717, 1.165) is 0 Å². The molecule has 4 nitrogen and oxygen atoms in total. The maximum atomic E-state index is 10.8. The Kier molecular flexibility index (Phi) is 4.49. The zero-order chi connectivity index (χ0) is 12.1. The number of hydrogen-bond donors (Lipinski definition) is 0. The minimum atomic E-state index is -0.541. The Morgan fingerprint density at radius 3 is 2.50 bits per heavy atom. The molecule has 0 fully saturated rings. The highest BCUT2D eigenvalue weighted by Gasteiger charge is 2.11. The summed E-state index contributed by atoms with van der Waals surface area (Å²) in [6, 6.07) is 6.75. The third-order valence-corrected chi connectivity index (χ3v) is 2.37. The van der Waals surface area contributed by atoms with E-state index in [1.54, 1.807) is 24.3 Å². The number of alkyl halides is 1. The van der Waals surface area contributed by atoms with Gasteiger partial charge in [-0.15, -0.1) is 0 Å². The molecule has 0 aromatic heterocycles. The average molecular weight is 287 g/mol. The topological polar surface area (TPSA) is 52.6 Å². The summed E-state index contributed by atoms with van der Waals surface area (Å²) >= 11 is 3.20. The van der Waals surface area contributed by atoms with E-state index in [0.29, 0.717) is 11.3 Å². The molecule has 0 saturated carbocycles. The van der Waals surface area contributed by atoms with Crippen LogP contribution >= 0.6 is 15.9 Å². The van der Waals surface area contributed by atoms with Gasteiger partial charge in [0.25, 0.3) is 0 Å². The Balaban J connectivity index is 2.80. The Labute approximate surface area is 102 Å². The molecule has 0 N–H and O–H groups in total. The second-order valence-corrected chi connectivity index (χ2v) is 3.92. The van der Waals surface area contributed by atoms with Crippen LogP contribution in [0.2, 0.25) is 0 Å². The summed E-state index contributed by atoms with van der Waals surface area (Å²) in [4.78, 5) is 21.5. The Morgan fingerprint density at radius 2 is 1.94 bits per heavy atom. The van der Waals surface area contributed by atoms with E-state index in [-0.39, 0.29) is 5.97 Å². The van der Waals surface area contributed by atoms with Crippen molar-refractivity contribution in [1.29, 1.82) is 0 Å². The van der Waals surface area contributed by atoms with Gasteiger partial charge in [0.15, 0.2) is 5.01 Å². The van der Waals surface area contributed by atoms with E-state index >= 15 is 0 Å². The molecular formula is C11H11BrO4. The number of esters is 2. The second kappa shape index (κ2) is 5.65. The molecule has 0 spiro atoms. The van der Waals surface area contributed by atoms with Crippen molar-refractivity contribution in [2.75, 3.05) is 0 Å². The van der Waals surface area contributed by atoms with Crippen LogP contribution in [0.15, 0.2) is 24.3 Å². The summed E-state index contributed by atoms with van der Waals surface area (Å²) in [5, 5.41) is -0.541. The molecule has 16 heavy (non-hydrogen) atoms. The highest BCUT2D eigenvalue weighted by Crippen LogP contribution is 2.27. The van der Waals surface area contributed by atoms with Crippen molar-refractivity contribution in [3.05, 3.63) is 29.8 Å². The van der Waals surface area contributed by atoms with E-state index in [9.17, 15) is 9.59 Å². The maximum Gasteiger partial charge on any atom is 0.308 e. The molecule has 86 valence electrons. The molecule has 0 heterocycles. The van der Waals surface area contributed by atoms with Gasteiger partial charge < -0.3 is 9.47 Å². The average Bonchev–Trinajstić information content (AvgIpc) is 2.16. The predicted octanol–water partition coefficient (Wildman–Crippen LogP) is 2.57. The molecule has 1 unspecified atom stereocenters. The largest absolute Gasteiger partial charge is 0.446 e. The van der Waals surface area contributed by atoms with Crippen LogP contribution in [0.4, 0.5) is 0 Å². The van der Waals surface area contributed by atoms with Gasteiger partial charge in [0.05, 0.1) is 0 Å². The summed E-state index contributed by atoms with van der Waals surface area (Å²) in [7, 11) is 0. The summed E-state index contributed by atoms with van der Waals surface area (Å²) in [6.07, 6.45) is 0. The lowest BCUT2D eigenvalue weighted by molar-refractivity contribution is -0.142. The number of rotatable bonds is 3. The first-order chi connectivity index (χ1) is 7.49. The molecule has 0 aliphatic heterocycles. The number of halogens is 1. The number of benzene rings is 1. The lowest BCUT2D eigenvalue weighted by atomic mass is 10.2. The highest BCUT2D eigenvalue weighted by atomic mass is 79.9. The van der Waals surface area contributed by atoms with E-state index in [4.69, 9.17) is 9.47 Å². The van der Waals surface area contributed by atoms with Crippen LogP contribution in [-0.4, -0.2) is 11.9 Å². The molecule has 0 bridgehead atoms. The zero-order valence-corrected chi connectivity index (χ0v) is 10.5. The number of carbonyl (C=O) groups excluding carboxylic acids is 2. The lowest BCUT2D eigenvalue weighted by Crippen LogP contribution is -2.04. The van der Waals surface area contributed by atoms with Gasteiger partial charge in [-0.1, -0.05) is 12.1 Å². The fraction of sp³-hybridized carbons (Fsp3) is 0.273. The molecule has 0 radical (unpaired) electrons. The second-order valence-electron chi connectivity index (χ2n) is 3.09. The number of ether oxygens (including phenoxy) is 2. The minimum Gasteiger partial charge on any atom is -0.446 e. The zero-order valence-electron chi connectivity index (χ0n) is 8.90. The third kappa shape index (κ3) is 4.02. The fourth-order valence-corrected chi connectivity index (χ4v) is 1.65. The van der Waals surface area contributed by atoms with Gasteiger partial charge in [-0.2, -0.15) is 0 Å². The van der Waals surface area contributed by atoms with Crippen LogP contribution < -0.4 is 4.74 Å². The predicted molar refractivity (Wildman–Crippen MR) is 61.2 cm³/mol. The van der Waals surface area contributed by atoms with Crippen molar-refractivity contribution >= 4 is 27.9 Å². The number of hydrogen-bond acceptors (Lipinski definition) is 4. The highest BCUT2D eigenvalue weighted by molar-refractivity contribution is 9.09. The SMILES string of the molecule is CC(=O)Oc1cccc(C(Br)OC(C)=O)c1. The van der Waals surface area contributed by atoms with Crippen LogP contribution in [0, 0.1) is 0 Å². The van der Waals surface area contributed by atoms with Crippen LogP contribution in [0.5, 0.6) is 5.75 Å². The molecule has 1 atom stereocenters. The lowest BCUT2D eigenvalue weighted by Gasteiger charge is -2.11. The van der Waals surface area contributed by atoms with Crippen molar-refractivity contribution in [1.82, 2.24) is 0 Å². The smallest absolute Gasteiger partial charge is 0.308 e. The van der Waals surface area contributed by atoms with Crippen molar-refractivity contribution in [3.63, 3.8) is 0 Å². The van der Waals surface area contributed by atoms with E-state index in [1.165, 1.54) is 13.8 Å². The first-order valence-electron chi connectivity index (χ1n) is 4.58. The molecule has 1 aromatic carbocycles. The van der Waals surface area contributed by atoms with Crippen LogP contribution in [0.25, 0.3) is 0 Å². The molecule has 5 heteroatoms. The Bertz CT molecular complexity index is 403. The van der Waals surface area contributed by atoms with Crippen molar-refractivity contribution < 1.29 is 19.1 Å². The normalized spacial score (nSPS) is 11.7. The quantitative estimate of drug-likeness (QED) is 0.487. The maximum absolute atomic E-state index is 10.8. The van der Waals surface area contributed by atoms with Gasteiger partial charge in [0.1, 0.15) is 5.75 Å². The van der Waals surface area contributed by atoms with Gasteiger partial charge >= 0.3 is 11.9 Å². The van der Waals surface area contributed by atoms with E-state index in [1.807, 2.05) is 0 Å². The van der Waals surface area contributed by atoms with Gasteiger partial charge in [-0.05, 0) is 28.1 Å². The summed E-state index contributed by atoms with van der Waals surface area (Å²) in [5.41, 5.74) is 0.703. The van der Waals surface area contributed by atoms with Gasteiger partial charge in [0.2, 0.25) is 0 Å². The van der Waals surface area contributed by atoms with Gasteiger partial charge in [0, 0.05) is 19.4 Å². The number of carbonyl (C=O) groups is 2. The molecule has 0 amide bonds. The Morgan fingerprint density at radius 1 is 1.25 bits per heavy atom. The Hall–Kier alpha value is -1.36. The monoisotopic (exact) mass is 286 g/mol. The van der Waals surface area contributed by atoms with Crippen molar-refractivity contribution in [2.45, 2.75) is 18.9 Å². The fourth-order valence-electron chi connectivity index (χ4n) is 1.10. The van der Waals surface area contributed by atoms with Gasteiger partial charge in [-0.25, -0.2) is 0 Å². The van der Waals surface area contributed by atoms with Crippen molar-refractivity contribution in [3.8, 4) is 5.75 Å². The minimum absolute atomic E-state index is 0.389. The molecule has 0 aliphatic rings. The molecule has 1 aromatic rings. The van der Waals surface area contributed by atoms with Crippen LogP contribution in [-0.2, 0) is 14.3 Å². The molecule has 0 aliphatic carbocycles. The molecule has 1 rings (SSSR count). The van der Waals surface area contributed by atoms with Crippen LogP contribution in [0.3, 0.4) is 0 Å². The van der Waals surface area contributed by atoms with Crippen LogP contribution in [0.1, 0.15) is 24.4 Å². The first kappa shape index (κ1) is 12.7. The summed E-state index contributed by atoms with van der Waals surface area (Å²) in [6.45, 7) is 2.65. The van der Waals surface area contributed by atoms with E-state index in [2.05, 4.69) is 15.9 Å². The molecular weight excluding hydrogens is 276 g/mol. The summed E-state index contributed by atoms with van der Waals surface area (Å²) in [5.74, 6) is -0.364. The van der Waals surface area contributed by atoms with Crippen molar-refractivity contribution in [2.24, 2.45) is 0 Å². The summed E-state index contributed by atoms with van der Waals surface area (Å²) < 4.78 is 9.84.